The fraction of sp³-hybridized carbons (Fsp3) is 0. The van der Waals surface area contributed by atoms with Crippen molar-refractivity contribution in [1.29, 1.82) is 0 Å². The maximum atomic E-state index is 13.0. The third-order valence-electron chi connectivity index (χ3n) is 3.05. The van der Waals surface area contributed by atoms with Gasteiger partial charge < -0.3 is 0 Å². The van der Waals surface area contributed by atoms with Crippen LogP contribution >= 0.6 is 27.3 Å². The number of halogens is 2. The summed E-state index contributed by atoms with van der Waals surface area (Å²) in [6, 6.07) is 8.04. The second kappa shape index (κ2) is 5.22. The maximum Gasteiger partial charge on any atom is 0.235 e. The summed E-state index contributed by atoms with van der Waals surface area (Å²) in [5.41, 5.74) is 1.66. The van der Waals surface area contributed by atoms with Gasteiger partial charge in [-0.25, -0.2) is 4.39 Å². The molecule has 108 valence electrons. The molecule has 0 spiro atoms. The van der Waals surface area contributed by atoms with Crippen LogP contribution in [0.4, 0.5) is 4.39 Å². The highest BCUT2D eigenvalue weighted by Crippen LogP contribution is 2.28. The standard InChI is InChI=1S/C14H7BrFN5S/c15-10-5-9(6-17-7-10)13-20-21-12(18-19-14(21)22-13)8-1-3-11(16)4-2-8/h1-7H. The normalized spacial score (nSPS) is 11.2. The number of benzene rings is 1. The monoisotopic (exact) mass is 375 g/mol. The molecule has 0 N–H and O–H groups in total. The summed E-state index contributed by atoms with van der Waals surface area (Å²) in [5, 5.41) is 13.6. The molecule has 4 aromatic rings. The average molecular weight is 376 g/mol. The molecule has 0 bridgehead atoms. The molecule has 0 atom stereocenters. The molecule has 4 rings (SSSR count). The zero-order valence-electron chi connectivity index (χ0n) is 10.9. The highest BCUT2D eigenvalue weighted by Gasteiger charge is 2.14. The summed E-state index contributed by atoms with van der Waals surface area (Å²) in [6.45, 7) is 0. The van der Waals surface area contributed by atoms with E-state index in [0.29, 0.717) is 10.8 Å². The van der Waals surface area contributed by atoms with Gasteiger partial charge in [-0.3, -0.25) is 4.98 Å². The van der Waals surface area contributed by atoms with Gasteiger partial charge in [0.1, 0.15) is 10.8 Å². The third kappa shape index (κ3) is 2.30. The van der Waals surface area contributed by atoms with Crippen LogP contribution in [0.15, 0.2) is 47.2 Å². The van der Waals surface area contributed by atoms with Crippen LogP contribution in [0.5, 0.6) is 0 Å². The van der Waals surface area contributed by atoms with Crippen molar-refractivity contribution < 1.29 is 4.39 Å². The second-order valence-corrected chi connectivity index (χ2v) is 6.40. The molecule has 0 radical (unpaired) electrons. The Hall–Kier alpha value is -2.19. The lowest BCUT2D eigenvalue weighted by Gasteiger charge is -1.97. The molecule has 0 saturated heterocycles. The SMILES string of the molecule is Fc1ccc(-c2nnc3sc(-c4cncc(Br)c4)nn23)cc1. The Labute approximate surface area is 136 Å². The highest BCUT2D eigenvalue weighted by atomic mass is 79.9. The minimum absolute atomic E-state index is 0.288. The molecule has 22 heavy (non-hydrogen) atoms. The van der Waals surface area contributed by atoms with Crippen LogP contribution < -0.4 is 0 Å². The third-order valence-corrected chi connectivity index (χ3v) is 4.43. The molecule has 5 nitrogen and oxygen atoms in total. The van der Waals surface area contributed by atoms with E-state index in [-0.39, 0.29) is 5.82 Å². The van der Waals surface area contributed by atoms with Crippen LogP contribution in [0.2, 0.25) is 0 Å². The number of hydrogen-bond donors (Lipinski definition) is 0. The molecule has 0 aliphatic rings. The number of nitrogens with zero attached hydrogens (tertiary/aromatic N) is 5. The van der Waals surface area contributed by atoms with Gasteiger partial charge in [0.15, 0.2) is 5.82 Å². The number of fused-ring (bicyclic) bond motifs is 1. The Bertz CT molecular complexity index is 963. The topological polar surface area (TPSA) is 56.0 Å². The molecule has 0 aliphatic carbocycles. The summed E-state index contributed by atoms with van der Waals surface area (Å²) < 4.78 is 15.6. The lowest BCUT2D eigenvalue weighted by atomic mass is 10.2. The van der Waals surface area contributed by atoms with Gasteiger partial charge in [-0.1, -0.05) is 11.3 Å². The maximum absolute atomic E-state index is 13.0. The van der Waals surface area contributed by atoms with Crippen molar-refractivity contribution in [2.45, 2.75) is 0 Å². The molecular formula is C14H7BrFN5S. The zero-order valence-corrected chi connectivity index (χ0v) is 13.3. The van der Waals surface area contributed by atoms with Crippen molar-refractivity contribution in [3.05, 3.63) is 53.0 Å². The second-order valence-electron chi connectivity index (χ2n) is 4.52. The first-order valence-electron chi connectivity index (χ1n) is 6.30. The van der Waals surface area contributed by atoms with Gasteiger partial charge in [0.25, 0.3) is 0 Å². The Kier molecular flexibility index (Phi) is 3.20. The molecule has 1 aromatic carbocycles. The van der Waals surface area contributed by atoms with Crippen molar-refractivity contribution in [1.82, 2.24) is 24.8 Å². The minimum Gasteiger partial charge on any atom is -0.263 e. The van der Waals surface area contributed by atoms with Gasteiger partial charge in [-0.05, 0) is 46.3 Å². The fourth-order valence-corrected chi connectivity index (χ4v) is 3.23. The molecule has 0 fully saturated rings. The van der Waals surface area contributed by atoms with E-state index in [9.17, 15) is 4.39 Å². The van der Waals surface area contributed by atoms with E-state index < -0.39 is 0 Å². The first-order valence-corrected chi connectivity index (χ1v) is 7.91. The van der Waals surface area contributed by atoms with E-state index in [1.165, 1.54) is 23.5 Å². The van der Waals surface area contributed by atoms with Crippen LogP contribution in [-0.2, 0) is 0 Å². The number of aromatic nitrogens is 5. The molecule has 3 heterocycles. The molecular weight excluding hydrogens is 369 g/mol. The van der Waals surface area contributed by atoms with E-state index in [1.54, 1.807) is 29.0 Å². The van der Waals surface area contributed by atoms with Gasteiger partial charge in [-0.15, -0.1) is 10.2 Å². The molecule has 0 amide bonds. The van der Waals surface area contributed by atoms with E-state index in [2.05, 4.69) is 36.2 Å². The van der Waals surface area contributed by atoms with Gasteiger partial charge >= 0.3 is 0 Å². The highest BCUT2D eigenvalue weighted by molar-refractivity contribution is 9.10. The number of hydrogen-bond acceptors (Lipinski definition) is 5. The molecule has 0 aliphatic heterocycles. The lowest BCUT2D eigenvalue weighted by Crippen LogP contribution is -1.91. The number of pyridine rings is 1. The predicted molar refractivity (Wildman–Crippen MR) is 85.0 cm³/mol. The van der Waals surface area contributed by atoms with Gasteiger partial charge in [-0.2, -0.15) is 9.61 Å². The van der Waals surface area contributed by atoms with Crippen LogP contribution in [0, 0.1) is 5.82 Å². The van der Waals surface area contributed by atoms with Crippen LogP contribution in [-0.4, -0.2) is 24.8 Å². The van der Waals surface area contributed by atoms with Gasteiger partial charge in [0.2, 0.25) is 4.96 Å². The lowest BCUT2D eigenvalue weighted by molar-refractivity contribution is 0.628. The largest absolute Gasteiger partial charge is 0.263 e. The summed E-state index contributed by atoms with van der Waals surface area (Å²) >= 11 is 4.82. The zero-order chi connectivity index (χ0) is 15.1. The van der Waals surface area contributed by atoms with Gasteiger partial charge in [0, 0.05) is 28.0 Å². The molecule has 0 unspecified atom stereocenters. The summed E-state index contributed by atoms with van der Waals surface area (Å²) in [6.07, 6.45) is 3.46. The molecule has 8 heteroatoms. The van der Waals surface area contributed by atoms with Crippen LogP contribution in [0.3, 0.4) is 0 Å². The van der Waals surface area contributed by atoms with E-state index >= 15 is 0 Å². The van der Waals surface area contributed by atoms with Crippen molar-refractivity contribution in [2.24, 2.45) is 0 Å². The van der Waals surface area contributed by atoms with Crippen LogP contribution in [0.1, 0.15) is 0 Å². The summed E-state index contributed by atoms with van der Waals surface area (Å²) in [4.78, 5) is 4.81. The van der Waals surface area contributed by atoms with Crippen molar-refractivity contribution >= 4 is 32.2 Å². The Morgan fingerprint density at radius 1 is 1.05 bits per heavy atom. The Morgan fingerprint density at radius 3 is 2.64 bits per heavy atom. The summed E-state index contributed by atoms with van der Waals surface area (Å²) in [5.74, 6) is 0.296. The summed E-state index contributed by atoms with van der Waals surface area (Å²) in [7, 11) is 0. The quantitative estimate of drug-likeness (QED) is 0.534. The van der Waals surface area contributed by atoms with E-state index in [0.717, 1.165) is 20.6 Å². The number of rotatable bonds is 2. The average Bonchev–Trinajstić information content (AvgIpc) is 3.08. The van der Waals surface area contributed by atoms with Crippen LogP contribution in [0.25, 0.3) is 26.9 Å². The smallest absolute Gasteiger partial charge is 0.235 e. The first kappa shape index (κ1) is 13.5. The molecule has 3 aromatic heterocycles. The van der Waals surface area contributed by atoms with E-state index in [1.807, 2.05) is 6.07 Å². The fourth-order valence-electron chi connectivity index (χ4n) is 2.04. The van der Waals surface area contributed by atoms with Gasteiger partial charge in [0.05, 0.1) is 0 Å². The Morgan fingerprint density at radius 2 is 1.86 bits per heavy atom. The molecule has 0 saturated carbocycles. The van der Waals surface area contributed by atoms with Crippen molar-refractivity contribution in [3.63, 3.8) is 0 Å². The predicted octanol–water partition coefficient (Wildman–Crippen LogP) is 3.82. The Balaban J connectivity index is 1.84. The van der Waals surface area contributed by atoms with E-state index in [4.69, 9.17) is 0 Å². The van der Waals surface area contributed by atoms with Crippen molar-refractivity contribution in [3.8, 4) is 22.0 Å². The first-order chi connectivity index (χ1) is 10.7. The van der Waals surface area contributed by atoms with Crippen molar-refractivity contribution in [2.75, 3.05) is 0 Å². The minimum atomic E-state index is -0.288.